The molecule has 3 heteroatoms. The Labute approximate surface area is 316 Å². The van der Waals surface area contributed by atoms with Crippen molar-refractivity contribution in [2.75, 3.05) is 0 Å². The van der Waals surface area contributed by atoms with Crippen molar-refractivity contribution in [1.82, 2.24) is 13.7 Å². The van der Waals surface area contributed by atoms with E-state index in [-0.39, 0.29) is 0 Å². The number of hydrogen-bond donors (Lipinski definition) is 0. The van der Waals surface area contributed by atoms with Gasteiger partial charge in [0.2, 0.25) is 0 Å². The zero-order chi connectivity index (χ0) is 36.8. The lowest BCUT2D eigenvalue weighted by Crippen LogP contribution is -2.30. The van der Waals surface area contributed by atoms with Gasteiger partial charge in [-0.05, 0) is 105 Å². The van der Waals surface area contributed by atoms with E-state index in [1.165, 1.54) is 81.8 Å². The van der Waals surface area contributed by atoms with Crippen molar-refractivity contribution in [3.8, 4) is 11.1 Å². The first-order valence-corrected chi connectivity index (χ1v) is 18.9. The van der Waals surface area contributed by atoms with E-state index in [2.05, 4.69) is 192 Å². The van der Waals surface area contributed by atoms with E-state index in [1.54, 1.807) is 0 Å². The number of benzene rings is 5. The van der Waals surface area contributed by atoms with Crippen molar-refractivity contribution < 1.29 is 0 Å². The molecule has 8 aromatic rings. The number of hydrogen-bond acceptors (Lipinski definition) is 0. The maximum absolute atomic E-state index is 4.24. The summed E-state index contributed by atoms with van der Waals surface area (Å²) in [6, 6.07) is 39.9. The number of nitrogens with zero attached hydrogens (tertiary/aromatic N) is 3. The molecule has 5 aromatic carbocycles. The highest BCUT2D eigenvalue weighted by atomic mass is 15.0. The molecule has 0 unspecified atom stereocenters. The van der Waals surface area contributed by atoms with E-state index < -0.39 is 0 Å². The minimum absolute atomic E-state index is 0.785. The van der Waals surface area contributed by atoms with Crippen LogP contribution in [0, 0.1) is 0 Å². The monoisotopic (exact) mass is 697 g/mol. The van der Waals surface area contributed by atoms with Gasteiger partial charge in [0, 0.05) is 61.0 Å². The smallest absolute Gasteiger partial charge is 0.0541 e. The van der Waals surface area contributed by atoms with E-state index in [4.69, 9.17) is 0 Å². The Morgan fingerprint density at radius 2 is 1.19 bits per heavy atom. The first-order valence-electron chi connectivity index (χ1n) is 18.9. The quantitative estimate of drug-likeness (QED) is 0.133. The topological polar surface area (TPSA) is 14.8 Å². The number of para-hydroxylation sites is 3. The van der Waals surface area contributed by atoms with Crippen molar-refractivity contribution in [3.05, 3.63) is 181 Å². The predicted octanol–water partition coefficient (Wildman–Crippen LogP) is 12.2. The fraction of sp³-hybridized carbons (Fsp3) is 0.0980. The van der Waals surface area contributed by atoms with Crippen LogP contribution in [-0.4, -0.2) is 13.7 Å². The third-order valence-electron chi connectivity index (χ3n) is 10.9. The minimum Gasteiger partial charge on any atom is -0.337 e. The Bertz CT molecular complexity index is 3020. The molecule has 0 saturated heterocycles. The lowest BCUT2D eigenvalue weighted by Gasteiger charge is -2.10. The van der Waals surface area contributed by atoms with Gasteiger partial charge in [0.1, 0.15) is 0 Å². The molecule has 3 aromatic heterocycles. The minimum atomic E-state index is 0.785. The second kappa shape index (κ2) is 13.8. The largest absolute Gasteiger partial charge is 0.337 e. The maximum Gasteiger partial charge on any atom is 0.0541 e. The van der Waals surface area contributed by atoms with Crippen molar-refractivity contribution in [1.29, 1.82) is 0 Å². The molecule has 0 aliphatic heterocycles. The molecular weight excluding hydrogens is 655 g/mol. The predicted molar refractivity (Wildman–Crippen MR) is 235 cm³/mol. The second-order valence-corrected chi connectivity index (χ2v) is 14.1. The maximum atomic E-state index is 4.24. The molecule has 0 spiro atoms. The van der Waals surface area contributed by atoms with Gasteiger partial charge in [0.25, 0.3) is 0 Å². The van der Waals surface area contributed by atoms with Crippen LogP contribution in [0.25, 0.3) is 89.2 Å². The Morgan fingerprint density at radius 3 is 1.81 bits per heavy atom. The van der Waals surface area contributed by atoms with Gasteiger partial charge in [0.15, 0.2) is 0 Å². The van der Waals surface area contributed by atoms with E-state index in [1.807, 2.05) is 12.2 Å². The summed E-state index contributed by atoms with van der Waals surface area (Å²) in [6.07, 6.45) is 21.7. The summed E-state index contributed by atoms with van der Waals surface area (Å²) in [7, 11) is 0. The standard InChI is InChI=1S/C51H43N3/c1-5-16-39(17-6-2)54-50-25-15-11-21-43(50)45-34-37(27-29-51(45)54)36-26-28-47-44(33-36)42-20-8-12-22-46(42)52(47)31-30-35(4)32-38(7-3)53-48-23-13-9-18-40(48)41-19-10-14-24-49(41)53/h5-7,9-11,13-30,32-34H,1,3,8,12,31H2,2,4H3/b17-6-,35-30-,38-32+,39-16+. The van der Waals surface area contributed by atoms with Crippen LogP contribution >= 0.6 is 0 Å². The normalized spacial score (nSPS) is 14.0. The Hall–Kier alpha value is -6.58. The molecule has 3 heterocycles. The lowest BCUT2D eigenvalue weighted by molar-refractivity contribution is 0.819. The van der Waals surface area contributed by atoms with Crippen LogP contribution in [0.2, 0.25) is 0 Å². The fourth-order valence-corrected chi connectivity index (χ4v) is 8.53. The summed E-state index contributed by atoms with van der Waals surface area (Å²) in [5.74, 6) is 0. The van der Waals surface area contributed by atoms with E-state index in [0.717, 1.165) is 30.8 Å². The summed E-state index contributed by atoms with van der Waals surface area (Å²) in [6.45, 7) is 13.3. The summed E-state index contributed by atoms with van der Waals surface area (Å²) in [5, 5.41) is 8.97. The van der Waals surface area contributed by atoms with Crippen LogP contribution in [0.5, 0.6) is 0 Å². The zero-order valence-corrected chi connectivity index (χ0v) is 31.0. The van der Waals surface area contributed by atoms with Crippen molar-refractivity contribution in [3.63, 3.8) is 0 Å². The van der Waals surface area contributed by atoms with Gasteiger partial charge in [-0.15, -0.1) is 0 Å². The van der Waals surface area contributed by atoms with Gasteiger partial charge < -0.3 is 13.7 Å². The molecule has 0 amide bonds. The van der Waals surface area contributed by atoms with Crippen LogP contribution in [0.1, 0.15) is 26.7 Å². The first-order chi connectivity index (χ1) is 26.6. The molecule has 0 saturated carbocycles. The van der Waals surface area contributed by atoms with Crippen LogP contribution in [0.4, 0.5) is 0 Å². The Kier molecular flexibility index (Phi) is 8.48. The molecule has 0 fully saturated rings. The van der Waals surface area contributed by atoms with Gasteiger partial charge >= 0.3 is 0 Å². The van der Waals surface area contributed by atoms with Crippen molar-refractivity contribution in [2.45, 2.75) is 33.2 Å². The molecule has 9 rings (SSSR count). The molecule has 0 bridgehead atoms. The molecule has 54 heavy (non-hydrogen) atoms. The highest BCUT2D eigenvalue weighted by Gasteiger charge is 2.16. The number of allylic oxidation sites excluding steroid dienone is 10. The van der Waals surface area contributed by atoms with Crippen molar-refractivity contribution >= 4 is 78.1 Å². The molecule has 262 valence electrons. The fourth-order valence-electron chi connectivity index (χ4n) is 8.53. The summed E-state index contributed by atoms with van der Waals surface area (Å²) >= 11 is 0. The van der Waals surface area contributed by atoms with Crippen LogP contribution in [0.15, 0.2) is 170 Å². The van der Waals surface area contributed by atoms with E-state index in [0.29, 0.717) is 0 Å². The van der Waals surface area contributed by atoms with E-state index in [9.17, 15) is 0 Å². The zero-order valence-electron chi connectivity index (χ0n) is 31.0. The number of fused-ring (bicyclic) bond motifs is 9. The first kappa shape index (κ1) is 33.3. The highest BCUT2D eigenvalue weighted by Crippen LogP contribution is 2.36. The summed E-state index contributed by atoms with van der Waals surface area (Å²) < 4.78 is 7.16. The van der Waals surface area contributed by atoms with Crippen LogP contribution < -0.4 is 10.6 Å². The van der Waals surface area contributed by atoms with Crippen LogP contribution in [-0.2, 0) is 6.54 Å². The SMILES string of the molecule is C=C/C=C(\C=C/C)n1c2ccccc2c2cc(-c3ccc4c(c3)c3c(n4C/C=C(C)\C=C(/C=C)n4c5ccccc5c5ccccc54)=CCCC=3)ccc21. The van der Waals surface area contributed by atoms with Gasteiger partial charge in [-0.3, -0.25) is 0 Å². The average molecular weight is 698 g/mol. The van der Waals surface area contributed by atoms with Gasteiger partial charge in [-0.25, -0.2) is 0 Å². The summed E-state index contributed by atoms with van der Waals surface area (Å²) in [5.41, 5.74) is 11.8. The molecule has 0 radical (unpaired) electrons. The average Bonchev–Trinajstić information content (AvgIpc) is 3.84. The van der Waals surface area contributed by atoms with Crippen LogP contribution in [0.3, 0.4) is 0 Å². The molecule has 3 nitrogen and oxygen atoms in total. The van der Waals surface area contributed by atoms with Crippen molar-refractivity contribution in [2.24, 2.45) is 0 Å². The van der Waals surface area contributed by atoms with Gasteiger partial charge in [-0.1, -0.05) is 116 Å². The Morgan fingerprint density at radius 1 is 0.630 bits per heavy atom. The van der Waals surface area contributed by atoms with E-state index >= 15 is 0 Å². The second-order valence-electron chi connectivity index (χ2n) is 14.1. The lowest BCUT2D eigenvalue weighted by atomic mass is 10.0. The molecule has 1 aliphatic rings. The third-order valence-corrected chi connectivity index (χ3v) is 10.9. The van der Waals surface area contributed by atoms with Gasteiger partial charge in [0.05, 0.1) is 22.1 Å². The highest BCUT2D eigenvalue weighted by molar-refractivity contribution is 6.12. The third kappa shape index (κ3) is 5.43. The Balaban J connectivity index is 1.12. The molecule has 1 aliphatic carbocycles. The number of rotatable bonds is 9. The molecule has 0 N–H and O–H groups in total. The molecular formula is C51H43N3. The number of aromatic nitrogens is 3. The summed E-state index contributed by atoms with van der Waals surface area (Å²) in [4.78, 5) is 0. The molecule has 0 atom stereocenters. The van der Waals surface area contributed by atoms with Gasteiger partial charge in [-0.2, -0.15) is 0 Å².